The van der Waals surface area contributed by atoms with E-state index in [1.165, 1.54) is 5.57 Å². The first kappa shape index (κ1) is 16.9. The summed E-state index contributed by atoms with van der Waals surface area (Å²) in [6.07, 6.45) is 10.2. The van der Waals surface area contributed by atoms with Gasteiger partial charge in [0.05, 0.1) is 6.61 Å². The van der Waals surface area contributed by atoms with Crippen LogP contribution < -0.4 is 0 Å². The second-order valence-electron chi connectivity index (χ2n) is 6.59. The number of carbonyl (C=O) groups excluding carboxylic acids is 1. The summed E-state index contributed by atoms with van der Waals surface area (Å²) in [6.45, 7) is 10.4. The molecule has 0 saturated heterocycles. The fourth-order valence-electron chi connectivity index (χ4n) is 3.04. The van der Waals surface area contributed by atoms with Crippen LogP contribution in [0.2, 0.25) is 0 Å². The van der Waals surface area contributed by atoms with Crippen molar-refractivity contribution >= 4 is 5.78 Å². The minimum Gasteiger partial charge on any atom is -0.392 e. The van der Waals surface area contributed by atoms with Crippen LogP contribution in [0.15, 0.2) is 35.5 Å². The van der Waals surface area contributed by atoms with Crippen LogP contribution in [0.1, 0.15) is 47.5 Å². The number of hydrogen-bond acceptors (Lipinski definition) is 2. The number of aliphatic hydroxyl groups excluding tert-OH is 1. The molecule has 20 heavy (non-hydrogen) atoms. The van der Waals surface area contributed by atoms with Crippen molar-refractivity contribution in [3.63, 3.8) is 0 Å². The van der Waals surface area contributed by atoms with Gasteiger partial charge in [0.15, 0.2) is 5.78 Å². The molecule has 0 amide bonds. The molecule has 1 aliphatic rings. The van der Waals surface area contributed by atoms with E-state index in [0.717, 1.165) is 18.4 Å². The molecule has 2 atom stereocenters. The maximum atomic E-state index is 11.2. The summed E-state index contributed by atoms with van der Waals surface area (Å²) in [5.41, 5.74) is 2.51. The molecule has 0 spiro atoms. The molecular formula is C18H28O2. The minimum atomic E-state index is 0.103. The number of allylic oxidation sites excluding steroid dienone is 5. The van der Waals surface area contributed by atoms with Crippen LogP contribution in [0, 0.1) is 17.3 Å². The van der Waals surface area contributed by atoms with Gasteiger partial charge in [-0.2, -0.15) is 0 Å². The van der Waals surface area contributed by atoms with Crippen LogP contribution in [0.25, 0.3) is 0 Å². The Balaban J connectivity index is 2.94. The molecule has 0 bridgehead atoms. The Morgan fingerprint density at radius 2 is 2.10 bits per heavy atom. The maximum absolute atomic E-state index is 11.2. The molecule has 0 radical (unpaired) electrons. The second kappa shape index (κ2) is 7.03. The van der Waals surface area contributed by atoms with E-state index in [2.05, 4.69) is 39.0 Å². The molecule has 1 N–H and O–H groups in total. The lowest BCUT2D eigenvalue weighted by Crippen LogP contribution is -2.35. The molecule has 0 fully saturated rings. The minimum absolute atomic E-state index is 0.103. The summed E-state index contributed by atoms with van der Waals surface area (Å²) in [7, 11) is 0. The monoisotopic (exact) mass is 276 g/mol. The Hall–Kier alpha value is -1.15. The number of hydrogen-bond donors (Lipinski definition) is 1. The van der Waals surface area contributed by atoms with E-state index in [0.29, 0.717) is 11.8 Å². The van der Waals surface area contributed by atoms with Gasteiger partial charge >= 0.3 is 0 Å². The first-order chi connectivity index (χ1) is 9.28. The highest BCUT2D eigenvalue weighted by atomic mass is 16.3. The summed E-state index contributed by atoms with van der Waals surface area (Å²) < 4.78 is 0. The Labute approximate surface area is 123 Å². The van der Waals surface area contributed by atoms with Gasteiger partial charge in [0, 0.05) is 5.92 Å². The van der Waals surface area contributed by atoms with Crippen LogP contribution >= 0.6 is 0 Å². The van der Waals surface area contributed by atoms with Gasteiger partial charge in [-0.1, -0.05) is 43.2 Å². The van der Waals surface area contributed by atoms with Crippen LogP contribution in [-0.2, 0) is 4.79 Å². The van der Waals surface area contributed by atoms with Crippen LogP contribution in [0.5, 0.6) is 0 Å². The van der Waals surface area contributed by atoms with Crippen LogP contribution in [0.3, 0.4) is 0 Å². The van der Waals surface area contributed by atoms with Crippen molar-refractivity contribution in [1.29, 1.82) is 0 Å². The van der Waals surface area contributed by atoms with Crippen molar-refractivity contribution in [3.8, 4) is 0 Å². The molecule has 0 aromatic rings. The molecular weight excluding hydrogens is 248 g/mol. The zero-order valence-electron chi connectivity index (χ0n) is 13.4. The van der Waals surface area contributed by atoms with E-state index in [4.69, 9.17) is 5.11 Å². The zero-order valence-corrected chi connectivity index (χ0v) is 13.4. The van der Waals surface area contributed by atoms with Crippen LogP contribution in [0.4, 0.5) is 0 Å². The van der Waals surface area contributed by atoms with E-state index in [1.807, 2.05) is 6.92 Å². The molecule has 0 saturated carbocycles. The van der Waals surface area contributed by atoms with Crippen molar-refractivity contribution in [3.05, 3.63) is 35.5 Å². The first-order valence-corrected chi connectivity index (χ1v) is 7.41. The number of aliphatic hydroxyl groups is 1. The van der Waals surface area contributed by atoms with Crippen LogP contribution in [-0.4, -0.2) is 17.5 Å². The molecule has 0 aromatic carbocycles. The van der Waals surface area contributed by atoms with Gasteiger partial charge in [-0.25, -0.2) is 0 Å². The van der Waals surface area contributed by atoms with Crippen molar-refractivity contribution < 1.29 is 9.90 Å². The number of ketones is 1. The highest BCUT2D eigenvalue weighted by Crippen LogP contribution is 2.47. The number of rotatable bonds is 5. The fraction of sp³-hybridized carbons (Fsp3) is 0.611. The molecule has 2 heteroatoms. The topological polar surface area (TPSA) is 37.3 Å². The third-order valence-electron chi connectivity index (χ3n) is 4.59. The number of carbonyl (C=O) groups is 1. The van der Waals surface area contributed by atoms with E-state index >= 15 is 0 Å². The van der Waals surface area contributed by atoms with E-state index in [9.17, 15) is 4.79 Å². The summed E-state index contributed by atoms with van der Waals surface area (Å²) >= 11 is 0. The zero-order chi connectivity index (χ0) is 15.3. The molecule has 0 aromatic heterocycles. The van der Waals surface area contributed by atoms with Gasteiger partial charge in [0.25, 0.3) is 0 Å². The normalized spacial score (nSPS) is 26.7. The quantitative estimate of drug-likeness (QED) is 0.607. The predicted molar refractivity (Wildman–Crippen MR) is 84.4 cm³/mol. The molecule has 1 aliphatic carbocycles. The predicted octanol–water partition coefficient (Wildman–Crippen LogP) is 4.07. The molecule has 112 valence electrons. The highest BCUT2D eigenvalue weighted by molar-refractivity contribution is 5.87. The lowest BCUT2D eigenvalue weighted by atomic mass is 9.61. The third kappa shape index (κ3) is 4.17. The Morgan fingerprint density at radius 1 is 1.45 bits per heavy atom. The van der Waals surface area contributed by atoms with Gasteiger partial charge in [-0.05, 0) is 51.0 Å². The first-order valence-electron chi connectivity index (χ1n) is 7.41. The maximum Gasteiger partial charge on any atom is 0.152 e. The lowest BCUT2D eigenvalue weighted by Gasteiger charge is -2.43. The summed E-state index contributed by atoms with van der Waals surface area (Å²) in [4.78, 5) is 11.2. The van der Waals surface area contributed by atoms with E-state index in [1.54, 1.807) is 13.0 Å². The lowest BCUT2D eigenvalue weighted by molar-refractivity contribution is -0.112. The van der Waals surface area contributed by atoms with E-state index < -0.39 is 0 Å². The van der Waals surface area contributed by atoms with Gasteiger partial charge in [0.1, 0.15) is 0 Å². The Kier molecular flexibility index (Phi) is 5.94. The van der Waals surface area contributed by atoms with Gasteiger partial charge in [-0.3, -0.25) is 4.79 Å². The third-order valence-corrected chi connectivity index (χ3v) is 4.59. The molecule has 0 heterocycles. The van der Waals surface area contributed by atoms with Crippen molar-refractivity contribution in [2.45, 2.75) is 47.5 Å². The summed E-state index contributed by atoms with van der Waals surface area (Å²) in [5.74, 6) is 0.953. The Morgan fingerprint density at radius 3 is 2.65 bits per heavy atom. The van der Waals surface area contributed by atoms with Gasteiger partial charge in [0.2, 0.25) is 0 Å². The second-order valence-corrected chi connectivity index (χ2v) is 6.59. The SMILES string of the molecule is CC(=O)/C=C/[C@@H]1C(C)=CC[C@@H](C/C=C(\C)CO)C1(C)C. The highest BCUT2D eigenvalue weighted by Gasteiger charge is 2.38. The standard InChI is InChI=1S/C18H28O2/c1-13(12-19)6-9-16-10-7-14(2)17(18(16,4)5)11-8-15(3)20/h6-8,11,16-17,19H,9-10,12H2,1-5H3/b11-8+,13-6+/t16-,17-/m1/s1. The van der Waals surface area contributed by atoms with E-state index in [-0.39, 0.29) is 17.8 Å². The molecule has 0 unspecified atom stereocenters. The van der Waals surface area contributed by atoms with Gasteiger partial charge in [-0.15, -0.1) is 0 Å². The Bertz CT molecular complexity index is 438. The molecule has 0 aliphatic heterocycles. The summed E-state index contributed by atoms with van der Waals surface area (Å²) in [5, 5.41) is 9.10. The van der Waals surface area contributed by atoms with Gasteiger partial charge < -0.3 is 5.11 Å². The molecule has 2 nitrogen and oxygen atoms in total. The fourth-order valence-corrected chi connectivity index (χ4v) is 3.04. The van der Waals surface area contributed by atoms with Crippen molar-refractivity contribution in [2.24, 2.45) is 17.3 Å². The van der Waals surface area contributed by atoms with Crippen molar-refractivity contribution in [1.82, 2.24) is 0 Å². The summed E-state index contributed by atoms with van der Waals surface area (Å²) in [6, 6.07) is 0. The van der Waals surface area contributed by atoms with Crippen molar-refractivity contribution in [2.75, 3.05) is 6.61 Å². The average Bonchev–Trinajstić information content (AvgIpc) is 2.36. The smallest absolute Gasteiger partial charge is 0.152 e. The average molecular weight is 276 g/mol. The molecule has 1 rings (SSSR count). The largest absolute Gasteiger partial charge is 0.392 e.